The minimum absolute atomic E-state index is 0.0871. The summed E-state index contributed by atoms with van der Waals surface area (Å²) in [6, 6.07) is 68.9. The number of thiophene rings is 1. The largest absolute Gasteiger partial charge is 0.310 e. The fraction of sp³-hybridized carbons (Fsp3) is 0.0196. The van der Waals surface area contributed by atoms with Crippen molar-refractivity contribution in [3.05, 3.63) is 194 Å². The van der Waals surface area contributed by atoms with Crippen LogP contribution in [0.3, 0.4) is 0 Å². The number of nitrogens with zero attached hydrogens (tertiary/aromatic N) is 3. The third-order valence-electron chi connectivity index (χ3n) is 11.6. The molecule has 57 heavy (non-hydrogen) atoms. The van der Waals surface area contributed by atoms with E-state index in [1.807, 2.05) is 23.1 Å². The lowest BCUT2D eigenvalue weighted by Gasteiger charge is -2.35. The van der Waals surface area contributed by atoms with Crippen molar-refractivity contribution in [2.75, 3.05) is 9.80 Å². The lowest BCUT2D eigenvalue weighted by molar-refractivity contribution is 1.16. The molecule has 8 aromatic carbocycles. The van der Waals surface area contributed by atoms with Crippen LogP contribution in [0.4, 0.5) is 34.1 Å². The van der Waals surface area contributed by atoms with Gasteiger partial charge in [0.05, 0.1) is 21.4 Å². The Balaban J connectivity index is 1.15. The summed E-state index contributed by atoms with van der Waals surface area (Å²) >= 11 is 3.84. The number of benzene rings is 8. The quantitative estimate of drug-likeness (QED) is 0.156. The van der Waals surface area contributed by atoms with Gasteiger partial charge >= 0.3 is 0 Å². The molecule has 10 aromatic rings. The van der Waals surface area contributed by atoms with Crippen LogP contribution in [-0.2, 0) is 0 Å². The van der Waals surface area contributed by atoms with Crippen molar-refractivity contribution < 1.29 is 0 Å². The maximum atomic E-state index is 2.63. The average molecular weight is 764 g/mol. The Labute approximate surface area is 340 Å². The second kappa shape index (κ2) is 12.8. The molecule has 0 unspecified atom stereocenters. The van der Waals surface area contributed by atoms with Crippen LogP contribution in [0.5, 0.6) is 0 Å². The Hall–Kier alpha value is -6.47. The first-order valence-electron chi connectivity index (χ1n) is 19.5. The Morgan fingerprint density at radius 1 is 0.491 bits per heavy atom. The molecule has 0 saturated carbocycles. The van der Waals surface area contributed by atoms with E-state index in [9.17, 15) is 0 Å². The van der Waals surface area contributed by atoms with Crippen LogP contribution in [0.15, 0.2) is 198 Å². The summed E-state index contributed by atoms with van der Waals surface area (Å²) in [6.45, 7) is 2.34. The van der Waals surface area contributed by atoms with Gasteiger partial charge in [-0.25, -0.2) is 0 Å². The molecule has 0 spiro atoms. The smallest absolute Gasteiger partial charge is 0.249 e. The Kier molecular flexibility index (Phi) is 7.35. The Morgan fingerprint density at radius 3 is 1.72 bits per heavy atom. The zero-order valence-electron chi connectivity index (χ0n) is 31.1. The highest BCUT2D eigenvalue weighted by atomic mass is 32.2. The molecule has 2 aliphatic rings. The standard InChI is InChI=1S/C51H34BN3S2/c1-33-30-43-48-46(31-33)56-45-32-38(53(34-16-6-2-7-17-34)35-18-8-3-9-19-35)26-27-40(45)52(48)41-28-29-42(54(36-20-10-4-11-21-36)37-22-12-5-13-23-37)47-50(41)55(43)49-39-24-14-15-25-44(39)57-51(47)49/h2-32H,1H3. The van der Waals surface area contributed by atoms with Crippen molar-refractivity contribution in [2.45, 2.75) is 16.7 Å². The number of rotatable bonds is 6. The molecule has 0 fully saturated rings. The summed E-state index contributed by atoms with van der Waals surface area (Å²) in [5.74, 6) is 0. The zero-order valence-corrected chi connectivity index (χ0v) is 32.8. The molecule has 0 aliphatic carbocycles. The van der Waals surface area contributed by atoms with Gasteiger partial charge in [-0.1, -0.05) is 120 Å². The Bertz CT molecular complexity index is 3100. The molecule has 0 N–H and O–H groups in total. The van der Waals surface area contributed by atoms with E-state index in [4.69, 9.17) is 0 Å². The maximum absolute atomic E-state index is 2.63. The minimum atomic E-state index is 0.0871. The molecule has 12 rings (SSSR count). The second-order valence-corrected chi connectivity index (χ2v) is 17.1. The summed E-state index contributed by atoms with van der Waals surface area (Å²) in [7, 11) is 0. The first kappa shape index (κ1) is 32.7. The van der Waals surface area contributed by atoms with Gasteiger partial charge in [-0.3, -0.25) is 0 Å². The molecule has 0 amide bonds. The number of anilines is 6. The molecule has 6 heteroatoms. The predicted molar refractivity (Wildman–Crippen MR) is 245 cm³/mol. The van der Waals surface area contributed by atoms with Gasteiger partial charge in [0.1, 0.15) is 0 Å². The molecular weight excluding hydrogens is 730 g/mol. The van der Waals surface area contributed by atoms with Crippen molar-refractivity contribution in [1.82, 2.24) is 4.57 Å². The second-order valence-electron chi connectivity index (χ2n) is 15.0. The fourth-order valence-electron chi connectivity index (χ4n) is 9.33. The van der Waals surface area contributed by atoms with Crippen LogP contribution in [-0.4, -0.2) is 11.3 Å². The van der Waals surface area contributed by atoms with Gasteiger partial charge in [0.15, 0.2) is 0 Å². The van der Waals surface area contributed by atoms with Gasteiger partial charge in [0, 0.05) is 59.4 Å². The molecule has 0 radical (unpaired) electrons. The molecule has 268 valence electrons. The van der Waals surface area contributed by atoms with Crippen LogP contribution < -0.4 is 26.2 Å². The number of para-hydroxylation sites is 4. The van der Waals surface area contributed by atoms with Crippen LogP contribution in [0.1, 0.15) is 5.56 Å². The first-order valence-corrected chi connectivity index (χ1v) is 21.1. The number of hydrogen-bond acceptors (Lipinski definition) is 4. The minimum Gasteiger partial charge on any atom is -0.310 e. The molecule has 0 saturated heterocycles. The van der Waals surface area contributed by atoms with Gasteiger partial charge < -0.3 is 14.4 Å². The number of aryl methyl sites for hydroxylation is 1. The fourth-order valence-corrected chi connectivity index (χ4v) is 11.9. The van der Waals surface area contributed by atoms with Gasteiger partial charge in [0.2, 0.25) is 6.71 Å². The van der Waals surface area contributed by atoms with Gasteiger partial charge in [-0.15, -0.1) is 11.3 Å². The van der Waals surface area contributed by atoms with Crippen molar-refractivity contribution in [2.24, 2.45) is 0 Å². The third-order valence-corrected chi connectivity index (χ3v) is 13.9. The van der Waals surface area contributed by atoms with E-state index in [-0.39, 0.29) is 6.71 Å². The van der Waals surface area contributed by atoms with E-state index in [1.54, 1.807) is 0 Å². The van der Waals surface area contributed by atoms with Crippen LogP contribution in [0, 0.1) is 6.92 Å². The summed E-state index contributed by atoms with van der Waals surface area (Å²) in [5.41, 5.74) is 16.2. The molecular formula is C51H34BN3S2. The highest BCUT2D eigenvalue weighted by Crippen LogP contribution is 2.50. The number of aromatic nitrogens is 1. The summed E-state index contributed by atoms with van der Waals surface area (Å²) < 4.78 is 5.27. The van der Waals surface area contributed by atoms with Gasteiger partial charge in [-0.2, -0.15) is 0 Å². The van der Waals surface area contributed by atoms with E-state index in [2.05, 4.69) is 209 Å². The average Bonchev–Trinajstić information content (AvgIpc) is 3.80. The number of fused-ring (bicyclic) bond motifs is 9. The van der Waals surface area contributed by atoms with Crippen molar-refractivity contribution >= 4 is 112 Å². The highest BCUT2D eigenvalue weighted by Gasteiger charge is 2.41. The molecule has 0 bridgehead atoms. The van der Waals surface area contributed by atoms with E-state index in [1.165, 1.54) is 74.3 Å². The topological polar surface area (TPSA) is 11.4 Å². The van der Waals surface area contributed by atoms with Crippen LogP contribution in [0.2, 0.25) is 0 Å². The summed E-state index contributed by atoms with van der Waals surface area (Å²) in [5, 5.41) is 2.61. The zero-order chi connectivity index (χ0) is 37.6. The van der Waals surface area contributed by atoms with E-state index < -0.39 is 0 Å². The molecule has 2 aliphatic heterocycles. The first-order chi connectivity index (χ1) is 28.2. The highest BCUT2D eigenvalue weighted by molar-refractivity contribution is 8.00. The lowest BCUT2D eigenvalue weighted by Crippen LogP contribution is -2.58. The van der Waals surface area contributed by atoms with Crippen molar-refractivity contribution in [1.29, 1.82) is 0 Å². The lowest BCUT2D eigenvalue weighted by atomic mass is 9.35. The molecule has 0 atom stereocenters. The van der Waals surface area contributed by atoms with Crippen LogP contribution >= 0.6 is 23.1 Å². The monoisotopic (exact) mass is 763 g/mol. The van der Waals surface area contributed by atoms with Crippen molar-refractivity contribution in [3.63, 3.8) is 0 Å². The Morgan fingerprint density at radius 2 is 1.07 bits per heavy atom. The molecule has 2 aromatic heterocycles. The van der Waals surface area contributed by atoms with E-state index >= 15 is 0 Å². The third kappa shape index (κ3) is 4.94. The van der Waals surface area contributed by atoms with Crippen molar-refractivity contribution in [3.8, 4) is 5.69 Å². The summed E-state index contributed by atoms with van der Waals surface area (Å²) in [6.07, 6.45) is 0. The van der Waals surface area contributed by atoms with Crippen LogP contribution in [0.25, 0.3) is 36.9 Å². The van der Waals surface area contributed by atoms with E-state index in [0.717, 1.165) is 28.4 Å². The normalized spacial score (nSPS) is 12.5. The summed E-state index contributed by atoms with van der Waals surface area (Å²) in [4.78, 5) is 7.46. The van der Waals surface area contributed by atoms with Gasteiger partial charge in [-0.05, 0) is 108 Å². The molecule has 4 heterocycles. The predicted octanol–water partition coefficient (Wildman–Crippen LogP) is 12.5. The molecule has 3 nitrogen and oxygen atoms in total. The van der Waals surface area contributed by atoms with E-state index in [0.29, 0.717) is 0 Å². The maximum Gasteiger partial charge on any atom is 0.249 e. The SMILES string of the molecule is Cc1cc2c3c(c1)-n1c4c(ccc(N(c5ccccc5)c5ccccc5)c4c4sc5ccccc5c41)B3c1ccc(N(c3ccccc3)c3ccccc3)cc1S2. The number of hydrogen-bond donors (Lipinski definition) is 0. The van der Waals surface area contributed by atoms with Gasteiger partial charge in [0.25, 0.3) is 0 Å².